The molecule has 0 saturated heterocycles. The van der Waals surface area contributed by atoms with Crippen molar-refractivity contribution in [3.63, 3.8) is 0 Å². The van der Waals surface area contributed by atoms with E-state index in [0.717, 1.165) is 16.1 Å². The normalized spacial score (nSPS) is 12.9. The van der Waals surface area contributed by atoms with Gasteiger partial charge in [0, 0.05) is 17.9 Å². The smallest absolute Gasteiger partial charge is 0.276 e. The predicted octanol–water partition coefficient (Wildman–Crippen LogP) is 2.05. The van der Waals surface area contributed by atoms with Gasteiger partial charge in [0.25, 0.3) is 5.91 Å². The van der Waals surface area contributed by atoms with E-state index in [0.29, 0.717) is 11.5 Å². The minimum Gasteiger partial charge on any atom is -0.483 e. The summed E-state index contributed by atoms with van der Waals surface area (Å²) >= 11 is 1.49. The van der Waals surface area contributed by atoms with Crippen molar-refractivity contribution < 1.29 is 19.1 Å². The molecule has 0 unspecified atom stereocenters. The van der Waals surface area contributed by atoms with Gasteiger partial charge < -0.3 is 9.64 Å². The molecule has 7 nitrogen and oxygen atoms in total. The molecule has 1 heterocycles. The number of benzene rings is 2. The maximum absolute atomic E-state index is 12.2. The molecule has 0 atom stereocenters. The number of nitrogens with zero attached hydrogens (tertiary/aromatic N) is 1. The van der Waals surface area contributed by atoms with E-state index < -0.39 is 5.91 Å². The maximum Gasteiger partial charge on any atom is 0.276 e. The summed E-state index contributed by atoms with van der Waals surface area (Å²) in [6.45, 7) is 1.92. The molecule has 0 bridgehead atoms. The van der Waals surface area contributed by atoms with Gasteiger partial charge in [-0.1, -0.05) is 30.3 Å². The third kappa shape index (κ3) is 5.04. The molecule has 2 aromatic carbocycles. The summed E-state index contributed by atoms with van der Waals surface area (Å²) in [5.41, 5.74) is 6.40. The van der Waals surface area contributed by atoms with Gasteiger partial charge in [-0.25, -0.2) is 0 Å². The van der Waals surface area contributed by atoms with Crippen LogP contribution in [0, 0.1) is 6.92 Å². The number of hydrazine groups is 1. The van der Waals surface area contributed by atoms with Crippen LogP contribution in [0.25, 0.3) is 0 Å². The highest BCUT2D eigenvalue weighted by atomic mass is 32.2. The van der Waals surface area contributed by atoms with Crippen molar-refractivity contribution in [2.45, 2.75) is 18.2 Å². The number of amides is 3. The minimum absolute atomic E-state index is 0.0350. The molecule has 3 rings (SSSR count). The number of carbonyl (C=O) groups is 3. The second-order valence-electron chi connectivity index (χ2n) is 6.20. The Bertz CT molecular complexity index is 887. The van der Waals surface area contributed by atoms with Gasteiger partial charge in [-0.15, -0.1) is 11.8 Å². The van der Waals surface area contributed by atoms with Crippen molar-refractivity contribution in [1.82, 2.24) is 10.9 Å². The number of fused-ring (bicyclic) bond motifs is 1. The zero-order valence-electron chi connectivity index (χ0n) is 15.4. The van der Waals surface area contributed by atoms with E-state index in [1.54, 1.807) is 11.0 Å². The fourth-order valence-corrected chi connectivity index (χ4v) is 3.65. The van der Waals surface area contributed by atoms with Crippen molar-refractivity contribution in [3.8, 4) is 5.75 Å². The third-order valence-corrected chi connectivity index (χ3v) is 5.21. The van der Waals surface area contributed by atoms with Crippen LogP contribution in [0.2, 0.25) is 0 Å². The van der Waals surface area contributed by atoms with Gasteiger partial charge >= 0.3 is 0 Å². The molecule has 146 valence electrons. The third-order valence-electron chi connectivity index (χ3n) is 4.16. The van der Waals surface area contributed by atoms with Crippen LogP contribution in [0.4, 0.5) is 5.69 Å². The minimum atomic E-state index is -0.465. The molecule has 2 aromatic rings. The molecule has 0 spiro atoms. The molecule has 0 radical (unpaired) electrons. The van der Waals surface area contributed by atoms with Crippen molar-refractivity contribution in [2.75, 3.05) is 23.8 Å². The lowest BCUT2D eigenvalue weighted by Crippen LogP contribution is -2.45. The molecule has 0 fully saturated rings. The summed E-state index contributed by atoms with van der Waals surface area (Å²) in [6.07, 6.45) is 0.0731. The highest BCUT2D eigenvalue weighted by Crippen LogP contribution is 2.34. The first kappa shape index (κ1) is 19.8. The fourth-order valence-electron chi connectivity index (χ4n) is 2.71. The van der Waals surface area contributed by atoms with Crippen LogP contribution in [-0.4, -0.2) is 36.6 Å². The van der Waals surface area contributed by atoms with Crippen molar-refractivity contribution >= 4 is 35.2 Å². The Morgan fingerprint density at radius 3 is 2.61 bits per heavy atom. The number of hydrogen-bond acceptors (Lipinski definition) is 5. The number of ether oxygens (including phenoxy) is 1. The lowest BCUT2D eigenvalue weighted by molar-refractivity contribution is -0.130. The van der Waals surface area contributed by atoms with E-state index in [2.05, 4.69) is 10.9 Å². The summed E-state index contributed by atoms with van der Waals surface area (Å²) in [7, 11) is 0. The lowest BCUT2D eigenvalue weighted by Gasteiger charge is -2.28. The molecular formula is C20H21N3O4S. The molecule has 28 heavy (non-hydrogen) atoms. The van der Waals surface area contributed by atoms with Crippen LogP contribution < -0.4 is 20.5 Å². The van der Waals surface area contributed by atoms with Crippen molar-refractivity contribution in [1.29, 1.82) is 0 Å². The average Bonchev–Trinajstić information content (AvgIpc) is 2.71. The lowest BCUT2D eigenvalue weighted by atomic mass is 10.2. The molecule has 1 aliphatic rings. The van der Waals surface area contributed by atoms with Gasteiger partial charge in [0.1, 0.15) is 5.75 Å². The number of rotatable bonds is 6. The van der Waals surface area contributed by atoms with Gasteiger partial charge in [-0.3, -0.25) is 25.2 Å². The molecule has 2 N–H and O–H groups in total. The molecule has 0 aromatic heterocycles. The first-order chi connectivity index (χ1) is 13.5. The van der Waals surface area contributed by atoms with Crippen molar-refractivity contribution in [2.24, 2.45) is 0 Å². The van der Waals surface area contributed by atoms with Crippen LogP contribution in [0.3, 0.4) is 0 Å². The Morgan fingerprint density at radius 2 is 1.79 bits per heavy atom. The van der Waals surface area contributed by atoms with Crippen LogP contribution >= 0.6 is 11.8 Å². The SMILES string of the molecule is Cc1ccccc1OCC(=O)NNC(=O)CCN1C(=O)CSc2ccccc21. The first-order valence-corrected chi connectivity index (χ1v) is 9.81. The number of nitrogens with one attached hydrogen (secondary N) is 2. The second kappa shape index (κ2) is 9.27. The maximum atomic E-state index is 12.2. The van der Waals surface area contributed by atoms with E-state index in [1.807, 2.05) is 49.4 Å². The van der Waals surface area contributed by atoms with Gasteiger partial charge in [-0.2, -0.15) is 0 Å². The topological polar surface area (TPSA) is 87.7 Å². The standard InChI is InChI=1S/C20H21N3O4S/c1-14-6-2-4-8-16(14)27-12-19(25)22-21-18(24)10-11-23-15-7-3-5-9-17(15)28-13-20(23)26/h2-9H,10-13H2,1H3,(H,21,24)(H,22,25). The zero-order chi connectivity index (χ0) is 19.9. The van der Waals surface area contributed by atoms with E-state index in [9.17, 15) is 14.4 Å². The summed E-state index contributed by atoms with van der Waals surface area (Å²) in [4.78, 5) is 38.7. The summed E-state index contributed by atoms with van der Waals surface area (Å²) in [5.74, 6) is 0.0856. The number of para-hydroxylation sites is 2. The quantitative estimate of drug-likeness (QED) is 0.726. The van der Waals surface area contributed by atoms with E-state index in [-0.39, 0.29) is 31.4 Å². The van der Waals surface area contributed by atoms with Gasteiger partial charge in [0.05, 0.1) is 11.4 Å². The zero-order valence-corrected chi connectivity index (χ0v) is 16.3. The van der Waals surface area contributed by atoms with Gasteiger partial charge in [0.15, 0.2) is 6.61 Å². The molecular weight excluding hydrogens is 378 g/mol. The van der Waals surface area contributed by atoms with Crippen LogP contribution in [0.5, 0.6) is 5.75 Å². The average molecular weight is 399 g/mol. The molecule has 0 aliphatic carbocycles. The summed E-state index contributed by atoms with van der Waals surface area (Å²) in [5, 5.41) is 0. The highest BCUT2D eigenvalue weighted by molar-refractivity contribution is 8.00. The van der Waals surface area contributed by atoms with E-state index in [4.69, 9.17) is 4.74 Å². The Labute approximate surface area is 167 Å². The van der Waals surface area contributed by atoms with Gasteiger partial charge in [-0.05, 0) is 30.7 Å². The Kier molecular flexibility index (Phi) is 6.54. The Balaban J connectivity index is 1.43. The molecule has 8 heteroatoms. The first-order valence-electron chi connectivity index (χ1n) is 8.83. The Morgan fingerprint density at radius 1 is 1.07 bits per heavy atom. The van der Waals surface area contributed by atoms with Gasteiger partial charge in [0.2, 0.25) is 11.8 Å². The molecule has 0 saturated carbocycles. The number of carbonyl (C=O) groups excluding carboxylic acids is 3. The number of aryl methyl sites for hydroxylation is 1. The van der Waals surface area contributed by atoms with Crippen LogP contribution in [0.15, 0.2) is 53.4 Å². The van der Waals surface area contributed by atoms with Crippen molar-refractivity contribution in [3.05, 3.63) is 54.1 Å². The predicted molar refractivity (Wildman–Crippen MR) is 107 cm³/mol. The monoisotopic (exact) mass is 399 g/mol. The second-order valence-corrected chi connectivity index (χ2v) is 7.22. The molecule has 3 amide bonds. The molecule has 1 aliphatic heterocycles. The summed E-state index contributed by atoms with van der Waals surface area (Å²) in [6, 6.07) is 14.9. The highest BCUT2D eigenvalue weighted by Gasteiger charge is 2.24. The van der Waals surface area contributed by atoms with E-state index >= 15 is 0 Å². The van der Waals surface area contributed by atoms with Crippen LogP contribution in [0.1, 0.15) is 12.0 Å². The number of anilines is 1. The fraction of sp³-hybridized carbons (Fsp3) is 0.250. The Hall–Kier alpha value is -3.00. The van der Waals surface area contributed by atoms with E-state index in [1.165, 1.54) is 11.8 Å². The largest absolute Gasteiger partial charge is 0.483 e. The number of hydrogen-bond donors (Lipinski definition) is 2. The summed E-state index contributed by atoms with van der Waals surface area (Å²) < 4.78 is 5.42. The van der Waals surface area contributed by atoms with Crippen LogP contribution in [-0.2, 0) is 14.4 Å². The number of thioether (sulfide) groups is 1.